The van der Waals surface area contributed by atoms with Gasteiger partial charge in [0.25, 0.3) is 5.91 Å². The highest BCUT2D eigenvalue weighted by atomic mass is 16.5. The molecule has 0 radical (unpaired) electrons. The highest BCUT2D eigenvalue weighted by Crippen LogP contribution is 2.29. The maximum Gasteiger partial charge on any atom is 0.306 e. The normalized spacial score (nSPS) is 10.5. The Kier molecular flexibility index (Phi) is 8.15. The molecule has 37 heavy (non-hydrogen) atoms. The molecule has 2 N–H and O–H groups in total. The number of esters is 1. The summed E-state index contributed by atoms with van der Waals surface area (Å²) in [5, 5.41) is 7.39. The van der Waals surface area contributed by atoms with E-state index in [1.165, 1.54) is 0 Å². The number of hydrogen-bond donors (Lipinski definition) is 2. The third-order valence-electron chi connectivity index (χ3n) is 5.75. The number of ether oxygens (including phenoxy) is 2. The Hall–Kier alpha value is -4.65. The van der Waals surface area contributed by atoms with Crippen molar-refractivity contribution in [1.29, 1.82) is 0 Å². The average Bonchev–Trinajstić information content (AvgIpc) is 2.90. The minimum atomic E-state index is -0.624. The van der Waals surface area contributed by atoms with Gasteiger partial charge in [-0.05, 0) is 60.7 Å². The summed E-state index contributed by atoms with van der Waals surface area (Å²) in [4.78, 5) is 36.5. The molecule has 0 fully saturated rings. The fourth-order valence-electron chi connectivity index (χ4n) is 3.86. The van der Waals surface area contributed by atoms with Gasteiger partial charge in [-0.2, -0.15) is 0 Å². The van der Waals surface area contributed by atoms with Gasteiger partial charge in [0.05, 0.1) is 6.42 Å². The summed E-state index contributed by atoms with van der Waals surface area (Å²) in [5.41, 5.74) is 3.30. The molecule has 4 rings (SSSR count). The molecule has 7 nitrogen and oxygen atoms in total. The molecule has 0 atom stereocenters. The van der Waals surface area contributed by atoms with Gasteiger partial charge >= 0.3 is 5.97 Å². The number of rotatable bonds is 9. The number of amides is 2. The largest absolute Gasteiger partial charge is 0.457 e. The second-order valence-corrected chi connectivity index (χ2v) is 8.63. The van der Waals surface area contributed by atoms with Gasteiger partial charge in [-0.15, -0.1) is 0 Å². The molecule has 0 heterocycles. The Morgan fingerprint density at radius 3 is 2.14 bits per heavy atom. The lowest BCUT2D eigenvalue weighted by atomic mass is 10.1. The Morgan fingerprint density at radius 2 is 1.38 bits per heavy atom. The number of carbonyl (C=O) groups excluding carboxylic acids is 3. The molecule has 0 aliphatic rings. The average molecular weight is 497 g/mol. The molecule has 0 unspecified atom stereocenters. The predicted molar refractivity (Wildman–Crippen MR) is 144 cm³/mol. The van der Waals surface area contributed by atoms with Crippen LogP contribution in [0.3, 0.4) is 0 Å². The molecule has 2 amide bonds. The molecule has 0 aromatic heterocycles. The van der Waals surface area contributed by atoms with Crippen LogP contribution in [0.4, 0.5) is 11.4 Å². The molecule has 4 aromatic rings. The van der Waals surface area contributed by atoms with Crippen LogP contribution in [0.25, 0.3) is 10.8 Å². The van der Waals surface area contributed by atoms with E-state index in [2.05, 4.69) is 10.6 Å². The molecule has 188 valence electrons. The fraction of sp³-hybridized carbons (Fsp3) is 0.167. The highest BCUT2D eigenvalue weighted by molar-refractivity contribution is 6.02. The molecule has 0 aliphatic heterocycles. The van der Waals surface area contributed by atoms with E-state index in [0.717, 1.165) is 27.6 Å². The van der Waals surface area contributed by atoms with E-state index in [9.17, 15) is 14.4 Å². The molecule has 7 heteroatoms. The Morgan fingerprint density at radius 1 is 0.703 bits per heavy atom. The number of anilines is 2. The summed E-state index contributed by atoms with van der Waals surface area (Å²) in [5.74, 6) is 0.0582. The van der Waals surface area contributed by atoms with Crippen molar-refractivity contribution in [3.63, 3.8) is 0 Å². The van der Waals surface area contributed by atoms with Crippen LogP contribution in [0.1, 0.15) is 24.0 Å². The van der Waals surface area contributed by atoms with Crippen LogP contribution in [0.15, 0.2) is 84.9 Å². The van der Waals surface area contributed by atoms with Gasteiger partial charge in [0, 0.05) is 23.2 Å². The quantitative estimate of drug-likeness (QED) is 0.271. The number of hydrogen-bond acceptors (Lipinski definition) is 5. The molecule has 0 bridgehead atoms. The highest BCUT2D eigenvalue weighted by Gasteiger charge is 2.12. The van der Waals surface area contributed by atoms with Gasteiger partial charge in [-0.3, -0.25) is 14.4 Å². The molecule has 0 saturated carbocycles. The molecule has 0 saturated heterocycles. The number of benzene rings is 4. The van der Waals surface area contributed by atoms with Crippen molar-refractivity contribution in [1.82, 2.24) is 0 Å². The van der Waals surface area contributed by atoms with Crippen molar-refractivity contribution in [2.75, 3.05) is 17.2 Å². The van der Waals surface area contributed by atoms with Crippen LogP contribution in [-0.2, 0) is 19.1 Å². The van der Waals surface area contributed by atoms with Crippen molar-refractivity contribution in [3.05, 3.63) is 96.1 Å². The number of para-hydroxylation sites is 1. The predicted octanol–water partition coefficient (Wildman–Crippen LogP) is 6.15. The smallest absolute Gasteiger partial charge is 0.306 e. The van der Waals surface area contributed by atoms with E-state index >= 15 is 0 Å². The minimum absolute atomic E-state index is 0.0650. The topological polar surface area (TPSA) is 93.7 Å². The van der Waals surface area contributed by atoms with E-state index in [0.29, 0.717) is 17.1 Å². The minimum Gasteiger partial charge on any atom is -0.457 e. The van der Waals surface area contributed by atoms with Crippen LogP contribution in [-0.4, -0.2) is 24.4 Å². The van der Waals surface area contributed by atoms with E-state index in [4.69, 9.17) is 9.47 Å². The summed E-state index contributed by atoms with van der Waals surface area (Å²) in [6.07, 6.45) is -0.203. The van der Waals surface area contributed by atoms with Crippen LogP contribution >= 0.6 is 0 Å². The summed E-state index contributed by atoms with van der Waals surface area (Å²) in [7, 11) is 0. The van der Waals surface area contributed by atoms with Crippen LogP contribution < -0.4 is 15.4 Å². The third-order valence-corrected chi connectivity index (χ3v) is 5.75. The van der Waals surface area contributed by atoms with Gasteiger partial charge in [0.15, 0.2) is 6.61 Å². The van der Waals surface area contributed by atoms with E-state index in [-0.39, 0.29) is 18.7 Å². The zero-order chi connectivity index (χ0) is 26.2. The van der Waals surface area contributed by atoms with E-state index < -0.39 is 18.5 Å². The Balaban J connectivity index is 1.20. The molecular weight excluding hydrogens is 468 g/mol. The third kappa shape index (κ3) is 6.95. The summed E-state index contributed by atoms with van der Waals surface area (Å²) in [6.45, 7) is 3.55. The second kappa shape index (κ2) is 11.9. The summed E-state index contributed by atoms with van der Waals surface area (Å²) >= 11 is 0. The zero-order valence-electron chi connectivity index (χ0n) is 20.7. The van der Waals surface area contributed by atoms with Crippen molar-refractivity contribution in [3.8, 4) is 11.5 Å². The zero-order valence-corrected chi connectivity index (χ0v) is 20.7. The van der Waals surface area contributed by atoms with Crippen molar-refractivity contribution < 1.29 is 23.9 Å². The Bertz CT molecular complexity index is 1400. The van der Waals surface area contributed by atoms with Crippen molar-refractivity contribution >= 4 is 39.9 Å². The van der Waals surface area contributed by atoms with E-state index in [1.54, 1.807) is 30.3 Å². The van der Waals surface area contributed by atoms with Gasteiger partial charge in [-0.1, -0.05) is 54.6 Å². The summed E-state index contributed by atoms with van der Waals surface area (Å²) in [6, 6.07) is 26.2. The number of nitrogens with one attached hydrogen (secondary N) is 2. The van der Waals surface area contributed by atoms with Gasteiger partial charge in [-0.25, -0.2) is 0 Å². The number of carbonyl (C=O) groups is 3. The molecule has 4 aromatic carbocycles. The molecule has 0 spiro atoms. The van der Waals surface area contributed by atoms with E-state index in [1.807, 2.05) is 68.4 Å². The van der Waals surface area contributed by atoms with Crippen molar-refractivity contribution in [2.45, 2.75) is 26.7 Å². The SMILES string of the molecule is Cc1cccc(C)c1Oc1ccc(NC(=O)CCC(=O)OCC(=O)Nc2cccc3ccccc23)cc1. The number of fused-ring (bicyclic) bond motifs is 1. The second-order valence-electron chi connectivity index (χ2n) is 8.63. The molecule has 0 aliphatic carbocycles. The maximum atomic E-state index is 12.3. The van der Waals surface area contributed by atoms with Gasteiger partial charge in [0.1, 0.15) is 11.5 Å². The van der Waals surface area contributed by atoms with Crippen LogP contribution in [0.2, 0.25) is 0 Å². The maximum absolute atomic E-state index is 12.3. The molecular formula is C30H28N2O5. The first-order valence-corrected chi connectivity index (χ1v) is 12.0. The fourth-order valence-corrected chi connectivity index (χ4v) is 3.86. The summed E-state index contributed by atoms with van der Waals surface area (Å²) < 4.78 is 11.0. The first-order chi connectivity index (χ1) is 17.9. The monoisotopic (exact) mass is 496 g/mol. The van der Waals surface area contributed by atoms with Crippen LogP contribution in [0, 0.1) is 13.8 Å². The van der Waals surface area contributed by atoms with Gasteiger partial charge in [0.2, 0.25) is 5.91 Å². The lowest BCUT2D eigenvalue weighted by Crippen LogP contribution is -2.22. The van der Waals surface area contributed by atoms with Crippen LogP contribution in [0.5, 0.6) is 11.5 Å². The Labute approximate surface area is 215 Å². The number of aryl methyl sites for hydroxylation is 2. The van der Waals surface area contributed by atoms with Crippen molar-refractivity contribution in [2.24, 2.45) is 0 Å². The standard InChI is InChI=1S/C30H28N2O5/c1-20-7-5-8-21(2)30(20)37-24-15-13-23(14-16-24)31-27(33)17-18-29(35)36-19-28(34)32-26-12-6-10-22-9-3-4-11-25(22)26/h3-16H,17-19H2,1-2H3,(H,31,33)(H,32,34). The first kappa shape index (κ1) is 25.4. The lowest BCUT2D eigenvalue weighted by Gasteiger charge is -2.12. The lowest BCUT2D eigenvalue weighted by molar-refractivity contribution is -0.147. The first-order valence-electron chi connectivity index (χ1n) is 12.0. The van der Waals surface area contributed by atoms with Gasteiger partial charge < -0.3 is 20.1 Å².